The molecule has 0 saturated carbocycles. The predicted octanol–water partition coefficient (Wildman–Crippen LogP) is 4.90. The Bertz CT molecular complexity index is 1590. The van der Waals surface area contributed by atoms with Gasteiger partial charge in [0.05, 0.1) is 16.2 Å². The number of para-hydroxylation sites is 1. The summed E-state index contributed by atoms with van der Waals surface area (Å²) in [7, 11) is 0. The van der Waals surface area contributed by atoms with E-state index in [2.05, 4.69) is 26.1 Å². The van der Waals surface area contributed by atoms with E-state index >= 15 is 0 Å². The van der Waals surface area contributed by atoms with Gasteiger partial charge >= 0.3 is 0 Å². The zero-order valence-electron chi connectivity index (χ0n) is 21.0. The maximum atomic E-state index is 13.3. The third-order valence-corrected chi connectivity index (χ3v) is 6.94. The Morgan fingerprint density at radius 2 is 1.73 bits per heavy atom. The molecule has 0 fully saturated rings. The van der Waals surface area contributed by atoms with E-state index in [-0.39, 0.29) is 28.6 Å². The molecule has 0 spiro atoms. The third-order valence-electron chi connectivity index (χ3n) is 5.20. The highest BCUT2D eigenvalue weighted by atomic mass is 32.2. The molecule has 1 heterocycles. The van der Waals surface area contributed by atoms with Crippen LogP contribution in [-0.2, 0) is 9.59 Å². The van der Waals surface area contributed by atoms with Crippen LogP contribution < -0.4 is 16.0 Å². The van der Waals surface area contributed by atoms with Crippen molar-refractivity contribution in [1.82, 2.24) is 15.5 Å². The minimum atomic E-state index is -0.686. The second kappa shape index (κ2) is 13.3. The average molecular weight is 575 g/mol. The molecule has 0 aliphatic carbocycles. The van der Waals surface area contributed by atoms with Crippen molar-refractivity contribution in [2.24, 2.45) is 0 Å². The lowest BCUT2D eigenvalue weighted by molar-refractivity contribution is -0.385. The molecular formula is C27H22N6O5S2. The number of carbonyl (C=O) groups is 3. The molecule has 3 N–H and O–H groups in total. The zero-order chi connectivity index (χ0) is 28.5. The molecule has 0 radical (unpaired) electrons. The lowest BCUT2D eigenvalue weighted by Gasteiger charge is -2.12. The highest BCUT2D eigenvalue weighted by Gasteiger charge is 2.18. The number of aromatic nitrogens is 2. The first-order chi connectivity index (χ1) is 19.3. The van der Waals surface area contributed by atoms with Gasteiger partial charge in [-0.05, 0) is 49.4 Å². The molecule has 11 nitrogen and oxygen atoms in total. The second-order valence-electron chi connectivity index (χ2n) is 8.14. The maximum Gasteiger partial charge on any atom is 0.276 e. The van der Waals surface area contributed by atoms with E-state index in [9.17, 15) is 24.5 Å². The Morgan fingerprint density at radius 3 is 2.45 bits per heavy atom. The Hall–Kier alpha value is -4.88. The van der Waals surface area contributed by atoms with Crippen LogP contribution >= 0.6 is 23.1 Å². The molecule has 0 unspecified atom stereocenters. The summed E-state index contributed by atoms with van der Waals surface area (Å²) in [6, 6.07) is 21.0. The van der Waals surface area contributed by atoms with Gasteiger partial charge in [-0.3, -0.25) is 29.8 Å². The van der Waals surface area contributed by atoms with Crippen molar-refractivity contribution in [2.45, 2.75) is 11.8 Å². The van der Waals surface area contributed by atoms with E-state index in [4.69, 9.17) is 0 Å². The van der Waals surface area contributed by atoms with Gasteiger partial charge in [0.2, 0.25) is 11.0 Å². The number of rotatable bonds is 10. The molecule has 1 aromatic heterocycles. The predicted molar refractivity (Wildman–Crippen MR) is 154 cm³/mol. The molecule has 4 rings (SSSR count). The van der Waals surface area contributed by atoms with Gasteiger partial charge in [-0.1, -0.05) is 47.7 Å². The van der Waals surface area contributed by atoms with Gasteiger partial charge < -0.3 is 10.6 Å². The van der Waals surface area contributed by atoms with Crippen LogP contribution in [0.1, 0.15) is 20.9 Å². The van der Waals surface area contributed by atoms with Gasteiger partial charge in [0.15, 0.2) is 0 Å². The van der Waals surface area contributed by atoms with E-state index < -0.39 is 16.7 Å². The topological polar surface area (TPSA) is 156 Å². The minimum Gasteiger partial charge on any atom is -0.321 e. The van der Waals surface area contributed by atoms with Crippen molar-refractivity contribution in [3.8, 4) is 0 Å². The number of amides is 3. The molecule has 3 aromatic carbocycles. The Balaban J connectivity index is 1.51. The molecule has 202 valence electrons. The molecular weight excluding hydrogens is 552 g/mol. The number of hydrogen-bond acceptors (Lipinski definition) is 9. The normalized spacial score (nSPS) is 11.0. The molecule has 13 heteroatoms. The lowest BCUT2D eigenvalue weighted by Crippen LogP contribution is -2.30. The van der Waals surface area contributed by atoms with Crippen molar-refractivity contribution in [3.05, 3.63) is 111 Å². The van der Waals surface area contributed by atoms with Crippen LogP contribution in [-0.4, -0.2) is 38.6 Å². The molecule has 0 saturated heterocycles. The largest absolute Gasteiger partial charge is 0.321 e. The number of thioether (sulfide) groups is 1. The van der Waals surface area contributed by atoms with Gasteiger partial charge in [0, 0.05) is 22.2 Å². The maximum absolute atomic E-state index is 13.3. The van der Waals surface area contributed by atoms with Gasteiger partial charge in [-0.2, -0.15) is 0 Å². The van der Waals surface area contributed by atoms with E-state index in [1.165, 1.54) is 47.4 Å². The van der Waals surface area contributed by atoms with Crippen molar-refractivity contribution in [1.29, 1.82) is 0 Å². The van der Waals surface area contributed by atoms with Gasteiger partial charge in [-0.25, -0.2) is 0 Å². The minimum absolute atomic E-state index is 0.103. The van der Waals surface area contributed by atoms with E-state index in [1.807, 2.05) is 0 Å². The summed E-state index contributed by atoms with van der Waals surface area (Å²) in [6.45, 7) is 1.79. The molecule has 40 heavy (non-hydrogen) atoms. The lowest BCUT2D eigenvalue weighted by atomic mass is 10.1. The van der Waals surface area contributed by atoms with Crippen LogP contribution in [0.4, 0.5) is 16.5 Å². The molecule has 0 aliphatic rings. The van der Waals surface area contributed by atoms with Gasteiger partial charge in [0.25, 0.3) is 17.5 Å². The van der Waals surface area contributed by atoms with Crippen LogP contribution in [0.5, 0.6) is 0 Å². The van der Waals surface area contributed by atoms with E-state index in [0.717, 1.165) is 5.01 Å². The standard InChI is InChI=1S/C27H22N6O5S2/c1-17-31-32-27(40-17)30-24(34)16-39-21-12-7-11-20(15-21)28-26(36)22(29-25(35)18-8-3-2-4-9-18)14-19-10-5-6-13-23(19)33(37)38/h2-15H,16H2,1H3,(H,28,36)(H,29,35)(H,30,32,34)/b22-14+. The molecule has 0 atom stereocenters. The van der Waals surface area contributed by atoms with Crippen molar-refractivity contribution in [2.75, 3.05) is 16.4 Å². The number of nitro benzene ring substituents is 1. The first-order valence-corrected chi connectivity index (χ1v) is 13.5. The molecule has 0 aliphatic heterocycles. The van der Waals surface area contributed by atoms with Gasteiger partial charge in [0.1, 0.15) is 10.7 Å². The summed E-state index contributed by atoms with van der Waals surface area (Å²) in [5.74, 6) is -1.39. The summed E-state index contributed by atoms with van der Waals surface area (Å²) >= 11 is 2.53. The number of nitrogens with one attached hydrogen (secondary N) is 3. The number of aryl methyl sites for hydroxylation is 1. The van der Waals surface area contributed by atoms with Crippen LogP contribution in [0, 0.1) is 17.0 Å². The quantitative estimate of drug-likeness (QED) is 0.105. The summed E-state index contributed by atoms with van der Waals surface area (Å²) in [6.07, 6.45) is 1.26. The number of anilines is 2. The Kier molecular flexibility index (Phi) is 9.33. The van der Waals surface area contributed by atoms with Crippen molar-refractivity contribution in [3.63, 3.8) is 0 Å². The number of nitro groups is 1. The van der Waals surface area contributed by atoms with Crippen LogP contribution in [0.3, 0.4) is 0 Å². The number of benzene rings is 3. The van der Waals surface area contributed by atoms with E-state index in [1.54, 1.807) is 67.6 Å². The summed E-state index contributed by atoms with van der Waals surface area (Å²) < 4.78 is 0. The molecule has 0 bridgehead atoms. The fraction of sp³-hybridized carbons (Fsp3) is 0.0741. The van der Waals surface area contributed by atoms with Crippen LogP contribution in [0.25, 0.3) is 6.08 Å². The highest BCUT2D eigenvalue weighted by Crippen LogP contribution is 2.24. The fourth-order valence-electron chi connectivity index (χ4n) is 3.39. The van der Waals surface area contributed by atoms with Crippen molar-refractivity contribution < 1.29 is 19.3 Å². The summed E-state index contributed by atoms with van der Waals surface area (Å²) in [5.41, 5.74) is 0.448. The number of carbonyl (C=O) groups excluding carboxylic acids is 3. The SMILES string of the molecule is Cc1nnc(NC(=O)CSc2cccc(NC(=O)/C(=C\c3ccccc3[N+](=O)[O-])NC(=O)c3ccccc3)c2)s1. The Labute approximate surface area is 236 Å². The van der Waals surface area contributed by atoms with Crippen LogP contribution in [0.2, 0.25) is 0 Å². The fourth-order valence-corrected chi connectivity index (χ4v) is 4.75. The highest BCUT2D eigenvalue weighted by molar-refractivity contribution is 8.00. The Morgan fingerprint density at radius 1 is 0.975 bits per heavy atom. The first kappa shape index (κ1) is 28.1. The second-order valence-corrected chi connectivity index (χ2v) is 10.4. The summed E-state index contributed by atoms with van der Waals surface area (Å²) in [5, 5.41) is 28.4. The van der Waals surface area contributed by atoms with E-state index in [0.29, 0.717) is 21.3 Å². The monoisotopic (exact) mass is 574 g/mol. The zero-order valence-corrected chi connectivity index (χ0v) is 22.6. The number of nitrogens with zero attached hydrogens (tertiary/aromatic N) is 3. The number of hydrogen-bond donors (Lipinski definition) is 3. The average Bonchev–Trinajstić information content (AvgIpc) is 3.36. The summed E-state index contributed by atoms with van der Waals surface area (Å²) in [4.78, 5) is 50.1. The van der Waals surface area contributed by atoms with Crippen LogP contribution in [0.15, 0.2) is 89.5 Å². The molecule has 3 amide bonds. The first-order valence-electron chi connectivity index (χ1n) is 11.7. The molecule has 4 aromatic rings. The van der Waals surface area contributed by atoms with Gasteiger partial charge in [-0.15, -0.1) is 22.0 Å². The third kappa shape index (κ3) is 7.82. The van der Waals surface area contributed by atoms with Crippen molar-refractivity contribution >= 4 is 63.4 Å². The smallest absolute Gasteiger partial charge is 0.276 e.